The van der Waals surface area contributed by atoms with E-state index in [-0.39, 0.29) is 38.5 Å². The predicted octanol–water partition coefficient (Wildman–Crippen LogP) is 4.07. The van der Waals surface area contributed by atoms with Crippen molar-refractivity contribution in [2.24, 2.45) is 0 Å². The number of nitrogens with zero attached hydrogens (tertiary/aromatic N) is 1. The van der Waals surface area contributed by atoms with Crippen LogP contribution in [0.5, 0.6) is 5.75 Å². The Kier molecular flexibility index (Phi) is 13.2. The molecule has 2 amide bonds. The Morgan fingerprint density at radius 1 is 0.944 bits per heavy atom. The first-order chi connectivity index (χ1) is 16.7. The molecule has 0 aromatic heterocycles. The van der Waals surface area contributed by atoms with E-state index in [9.17, 15) is 19.5 Å². The zero-order chi connectivity index (χ0) is 27.4. The molecule has 0 fully saturated rings. The number of aliphatic hydroxyl groups excluding tert-OH is 1. The first kappa shape index (κ1) is 31.7. The van der Waals surface area contributed by atoms with Crippen molar-refractivity contribution in [3.05, 3.63) is 29.8 Å². The number of carbonyl (C=O) groups is 3. The number of hydrogen-bond acceptors (Lipinski definition) is 7. The van der Waals surface area contributed by atoms with Gasteiger partial charge in [-0.2, -0.15) is 0 Å². The molecular weight excluding hydrogens is 496 g/mol. The highest BCUT2D eigenvalue weighted by Gasteiger charge is 2.23. The molecule has 0 spiro atoms. The number of aliphatic hydroxyl groups is 1. The highest BCUT2D eigenvalue weighted by Crippen LogP contribution is 2.14. The molecular formula is C25H44N2O7Si2. The van der Waals surface area contributed by atoms with E-state index >= 15 is 0 Å². The fourth-order valence-corrected chi connectivity index (χ4v) is 4.37. The highest BCUT2D eigenvalue weighted by atomic mass is 28.3. The molecule has 1 rings (SSSR count). The van der Waals surface area contributed by atoms with Gasteiger partial charge in [0.15, 0.2) is 6.10 Å². The van der Waals surface area contributed by atoms with Gasteiger partial charge in [-0.1, -0.05) is 51.4 Å². The van der Waals surface area contributed by atoms with Gasteiger partial charge in [0.1, 0.15) is 5.75 Å². The van der Waals surface area contributed by atoms with Crippen LogP contribution in [0.1, 0.15) is 18.4 Å². The van der Waals surface area contributed by atoms with Crippen LogP contribution in [0.4, 0.5) is 4.79 Å². The molecule has 0 bridgehead atoms. The van der Waals surface area contributed by atoms with Gasteiger partial charge in [0, 0.05) is 35.5 Å². The minimum absolute atomic E-state index is 0.0607. The molecule has 2 N–H and O–H groups in total. The summed E-state index contributed by atoms with van der Waals surface area (Å²) in [5.41, 5.74) is 3.41. The van der Waals surface area contributed by atoms with Gasteiger partial charge >= 0.3 is 12.1 Å². The van der Waals surface area contributed by atoms with Gasteiger partial charge < -0.3 is 19.3 Å². The second-order valence-electron chi connectivity index (χ2n) is 11.2. The number of esters is 1. The number of ether oxygens (including phenoxy) is 3. The lowest BCUT2D eigenvalue weighted by atomic mass is 10.1. The lowest BCUT2D eigenvalue weighted by Gasteiger charge is -2.24. The molecule has 0 aliphatic heterocycles. The van der Waals surface area contributed by atoms with Crippen molar-refractivity contribution in [1.29, 1.82) is 0 Å². The Hall–Kier alpha value is -2.38. The second kappa shape index (κ2) is 15.0. The number of hydrazine groups is 1. The molecule has 11 heteroatoms. The third-order valence-electron chi connectivity index (χ3n) is 5.39. The van der Waals surface area contributed by atoms with E-state index in [0.717, 1.165) is 28.4 Å². The molecule has 1 aromatic carbocycles. The number of methoxy groups -OCH3 is 1. The Bertz CT molecular complexity index is 836. The summed E-state index contributed by atoms with van der Waals surface area (Å²) in [5.74, 6) is -0.357. The second-order valence-corrected chi connectivity index (χ2v) is 22.5. The van der Waals surface area contributed by atoms with Gasteiger partial charge in [0.05, 0.1) is 20.3 Å². The Labute approximate surface area is 217 Å². The zero-order valence-electron chi connectivity index (χ0n) is 22.9. The summed E-state index contributed by atoms with van der Waals surface area (Å²) in [4.78, 5) is 37.4. The average Bonchev–Trinajstić information content (AvgIpc) is 2.78. The lowest BCUT2D eigenvalue weighted by molar-refractivity contribution is -0.154. The maximum Gasteiger partial charge on any atom is 0.426 e. The predicted molar refractivity (Wildman–Crippen MR) is 145 cm³/mol. The molecule has 0 saturated carbocycles. The molecule has 36 heavy (non-hydrogen) atoms. The number of hydrogen-bond donors (Lipinski definition) is 2. The zero-order valence-corrected chi connectivity index (χ0v) is 24.9. The number of nitrogens with one attached hydrogen (secondary N) is 1. The molecule has 0 aliphatic carbocycles. The van der Waals surface area contributed by atoms with Gasteiger partial charge in [0.2, 0.25) is 5.91 Å². The van der Waals surface area contributed by atoms with Crippen LogP contribution >= 0.6 is 0 Å². The fraction of sp³-hybridized carbons (Fsp3) is 0.640. The number of rotatable bonds is 14. The van der Waals surface area contributed by atoms with E-state index < -0.39 is 34.3 Å². The SMILES string of the molecule is COc1ccc(CCC(=O)N(CC[C@H](O)C(=O)OCC[Si](C)(C)C)NC(=O)OCC[Si](C)(C)C)cc1. The number of amides is 2. The molecule has 0 aliphatic rings. The van der Waals surface area contributed by atoms with E-state index in [1.807, 2.05) is 24.3 Å². The third kappa shape index (κ3) is 14.2. The first-order valence-corrected chi connectivity index (χ1v) is 19.8. The number of aryl methyl sites for hydroxylation is 1. The standard InChI is InChI=1S/C25H44N2O7Si2/c1-32-21-11-8-20(9-12-21)10-13-23(29)27(26-25(31)34-17-19-36(5,6)7)15-14-22(28)24(30)33-16-18-35(2,3)4/h8-9,11-12,22,28H,10,13-19H2,1-7H3,(H,26,31)/t22-/m0/s1. The molecule has 0 saturated heterocycles. The maximum atomic E-state index is 12.9. The van der Waals surface area contributed by atoms with Crippen molar-refractivity contribution >= 4 is 34.1 Å². The van der Waals surface area contributed by atoms with E-state index in [2.05, 4.69) is 44.7 Å². The van der Waals surface area contributed by atoms with Crippen LogP contribution in [-0.4, -0.2) is 77.2 Å². The van der Waals surface area contributed by atoms with Crippen molar-refractivity contribution in [1.82, 2.24) is 10.4 Å². The van der Waals surface area contributed by atoms with E-state index in [1.54, 1.807) is 7.11 Å². The normalized spacial score (nSPS) is 12.4. The van der Waals surface area contributed by atoms with Crippen LogP contribution in [-0.2, 0) is 25.5 Å². The van der Waals surface area contributed by atoms with E-state index in [4.69, 9.17) is 14.2 Å². The molecule has 204 valence electrons. The summed E-state index contributed by atoms with van der Waals surface area (Å²) in [6, 6.07) is 8.97. The minimum atomic E-state index is -1.40. The number of carbonyl (C=O) groups excluding carboxylic acids is 3. The lowest BCUT2D eigenvalue weighted by Crippen LogP contribution is -2.48. The maximum absolute atomic E-state index is 12.9. The average molecular weight is 541 g/mol. The van der Waals surface area contributed by atoms with Crippen LogP contribution in [0.2, 0.25) is 51.4 Å². The summed E-state index contributed by atoms with van der Waals surface area (Å²) in [6.07, 6.45) is -1.63. The number of benzene rings is 1. The van der Waals surface area contributed by atoms with E-state index in [1.165, 1.54) is 0 Å². The highest BCUT2D eigenvalue weighted by molar-refractivity contribution is 6.76. The Balaban J connectivity index is 2.70. The minimum Gasteiger partial charge on any atom is -0.497 e. The molecule has 1 aromatic rings. The quantitative estimate of drug-likeness (QED) is 0.208. The van der Waals surface area contributed by atoms with Crippen LogP contribution in [0.25, 0.3) is 0 Å². The summed E-state index contributed by atoms with van der Waals surface area (Å²) >= 11 is 0. The van der Waals surface area contributed by atoms with E-state index in [0.29, 0.717) is 6.42 Å². The first-order valence-electron chi connectivity index (χ1n) is 12.4. The molecule has 0 radical (unpaired) electrons. The smallest absolute Gasteiger partial charge is 0.426 e. The molecule has 0 heterocycles. The van der Waals surface area contributed by atoms with Gasteiger partial charge in [-0.3, -0.25) is 9.80 Å². The fourth-order valence-electron chi connectivity index (χ4n) is 2.94. The van der Waals surface area contributed by atoms with Crippen molar-refractivity contribution in [3.63, 3.8) is 0 Å². The van der Waals surface area contributed by atoms with Gasteiger partial charge in [0.25, 0.3) is 0 Å². The largest absolute Gasteiger partial charge is 0.497 e. The summed E-state index contributed by atoms with van der Waals surface area (Å²) in [7, 11) is -1.17. The van der Waals surface area contributed by atoms with Crippen molar-refractivity contribution in [2.75, 3.05) is 26.9 Å². The van der Waals surface area contributed by atoms with Crippen LogP contribution in [0, 0.1) is 0 Å². The Morgan fingerprint density at radius 3 is 2.03 bits per heavy atom. The topological polar surface area (TPSA) is 114 Å². The van der Waals surface area contributed by atoms with Gasteiger partial charge in [-0.25, -0.2) is 15.0 Å². The van der Waals surface area contributed by atoms with Crippen molar-refractivity contribution < 1.29 is 33.7 Å². The summed E-state index contributed by atoms with van der Waals surface area (Å²) < 4.78 is 15.6. The Morgan fingerprint density at radius 2 is 1.50 bits per heavy atom. The third-order valence-corrected chi connectivity index (χ3v) is 8.80. The summed E-state index contributed by atoms with van der Waals surface area (Å²) in [5, 5.41) is 11.4. The van der Waals surface area contributed by atoms with Crippen LogP contribution in [0.3, 0.4) is 0 Å². The monoisotopic (exact) mass is 540 g/mol. The molecule has 0 unspecified atom stereocenters. The van der Waals surface area contributed by atoms with Crippen molar-refractivity contribution in [2.45, 2.75) is 76.7 Å². The molecule has 9 nitrogen and oxygen atoms in total. The summed E-state index contributed by atoms with van der Waals surface area (Å²) in [6.45, 7) is 13.5. The van der Waals surface area contributed by atoms with Crippen LogP contribution < -0.4 is 10.2 Å². The molecule has 1 atom stereocenters. The van der Waals surface area contributed by atoms with Gasteiger partial charge in [-0.05, 0) is 36.2 Å². The van der Waals surface area contributed by atoms with Crippen LogP contribution in [0.15, 0.2) is 24.3 Å². The van der Waals surface area contributed by atoms with Gasteiger partial charge in [-0.15, -0.1) is 0 Å². The van der Waals surface area contributed by atoms with Crippen molar-refractivity contribution in [3.8, 4) is 5.75 Å².